The first kappa shape index (κ1) is 8.47. The summed E-state index contributed by atoms with van der Waals surface area (Å²) in [5, 5.41) is 0. The predicted octanol–water partition coefficient (Wildman–Crippen LogP) is 1.21. The maximum atomic E-state index is 6.69. The topological polar surface area (TPSA) is 39.4 Å². The van der Waals surface area contributed by atoms with Gasteiger partial charge in [-0.1, -0.05) is 0 Å². The molecule has 1 aromatic heterocycles. The van der Waals surface area contributed by atoms with Crippen LogP contribution in [0.15, 0.2) is 6.20 Å². The molecule has 62 valence electrons. The maximum absolute atomic E-state index is 6.69. The molecule has 4 nitrogen and oxygen atoms in total. The zero-order valence-corrected chi connectivity index (χ0v) is 7.03. The molecule has 0 aliphatic rings. The van der Waals surface area contributed by atoms with Crippen molar-refractivity contribution in [2.45, 2.75) is 13.5 Å². The van der Waals surface area contributed by atoms with Crippen LogP contribution in [0.1, 0.15) is 11.3 Å². The second-order valence-corrected chi connectivity index (χ2v) is 2.30. The van der Waals surface area contributed by atoms with Gasteiger partial charge >= 0.3 is 6.01 Å². The van der Waals surface area contributed by atoms with E-state index < -0.39 is 0 Å². The van der Waals surface area contributed by atoms with Crippen LogP contribution in [-0.4, -0.2) is 17.1 Å². The Hall–Kier alpha value is -1.63. The Morgan fingerprint density at radius 3 is 3.00 bits per heavy atom. The third-order valence-electron chi connectivity index (χ3n) is 1.47. The number of methoxy groups -OCH3 is 1. The Balaban J connectivity index is 3.01. The Morgan fingerprint density at radius 1 is 1.67 bits per heavy atom. The van der Waals surface area contributed by atoms with Gasteiger partial charge in [-0.25, -0.2) is 11.6 Å². The van der Waals surface area contributed by atoms with Crippen molar-refractivity contribution in [1.82, 2.24) is 9.97 Å². The molecule has 0 saturated carbocycles. The average Bonchev–Trinajstić information content (AvgIpc) is 2.09. The fourth-order valence-electron chi connectivity index (χ4n) is 0.792. The summed E-state index contributed by atoms with van der Waals surface area (Å²) in [6.45, 7) is 8.85. The summed E-state index contributed by atoms with van der Waals surface area (Å²) in [5.74, 6) is 0. The molecule has 1 rings (SSSR count). The lowest BCUT2D eigenvalue weighted by Crippen LogP contribution is -1.97. The van der Waals surface area contributed by atoms with Crippen molar-refractivity contribution in [2.75, 3.05) is 7.11 Å². The quantitative estimate of drug-likeness (QED) is 0.615. The molecule has 0 aliphatic heterocycles. The fraction of sp³-hybridized carbons (Fsp3) is 0.375. The number of hydrogen-bond acceptors (Lipinski definition) is 3. The molecule has 0 atom stereocenters. The van der Waals surface area contributed by atoms with Gasteiger partial charge in [0.1, 0.15) is 5.69 Å². The first-order chi connectivity index (χ1) is 5.77. The van der Waals surface area contributed by atoms with E-state index in [1.165, 1.54) is 7.11 Å². The van der Waals surface area contributed by atoms with Crippen LogP contribution in [0.4, 0.5) is 0 Å². The molecular weight excluding hydrogens is 154 g/mol. The first-order valence-electron chi connectivity index (χ1n) is 3.47. The summed E-state index contributed by atoms with van der Waals surface area (Å²) in [6.07, 6.45) is 1.66. The molecule has 0 saturated heterocycles. The van der Waals surface area contributed by atoms with Gasteiger partial charge < -0.3 is 9.58 Å². The number of nitrogens with zero attached hydrogens (tertiary/aromatic N) is 3. The van der Waals surface area contributed by atoms with Crippen LogP contribution in [-0.2, 0) is 6.54 Å². The van der Waals surface area contributed by atoms with Crippen molar-refractivity contribution in [2.24, 2.45) is 0 Å². The van der Waals surface area contributed by atoms with Gasteiger partial charge in [-0.15, -0.1) is 0 Å². The Morgan fingerprint density at radius 2 is 2.42 bits per heavy atom. The summed E-state index contributed by atoms with van der Waals surface area (Å²) in [6, 6.07) is 0.319. The van der Waals surface area contributed by atoms with Crippen molar-refractivity contribution >= 4 is 0 Å². The van der Waals surface area contributed by atoms with Gasteiger partial charge in [-0.2, -0.15) is 4.98 Å². The molecule has 0 aromatic carbocycles. The number of aromatic nitrogens is 2. The predicted molar refractivity (Wildman–Crippen MR) is 43.6 cm³/mol. The zero-order valence-electron chi connectivity index (χ0n) is 7.03. The summed E-state index contributed by atoms with van der Waals surface area (Å²) < 4.78 is 4.83. The van der Waals surface area contributed by atoms with E-state index in [0.717, 1.165) is 11.3 Å². The Kier molecular flexibility index (Phi) is 2.59. The summed E-state index contributed by atoms with van der Waals surface area (Å²) in [4.78, 5) is 11.2. The second-order valence-electron chi connectivity index (χ2n) is 2.30. The Bertz CT molecular complexity index is 317. The summed E-state index contributed by atoms with van der Waals surface area (Å²) >= 11 is 0. The maximum Gasteiger partial charge on any atom is 0.316 e. The minimum absolute atomic E-state index is 0.282. The highest BCUT2D eigenvalue weighted by Gasteiger charge is 2.04. The van der Waals surface area contributed by atoms with Crippen LogP contribution in [0.3, 0.4) is 0 Å². The van der Waals surface area contributed by atoms with Gasteiger partial charge in [-0.05, 0) is 12.5 Å². The number of ether oxygens (including phenoxy) is 1. The molecule has 1 aromatic rings. The van der Waals surface area contributed by atoms with E-state index in [2.05, 4.69) is 14.8 Å². The molecule has 1 heterocycles. The zero-order chi connectivity index (χ0) is 8.97. The lowest BCUT2D eigenvalue weighted by atomic mass is 10.2. The SMILES string of the molecule is [C-]#[N+]Cc1nc(OC)ncc1C. The van der Waals surface area contributed by atoms with E-state index in [9.17, 15) is 0 Å². The molecular formula is C8H9N3O. The summed E-state index contributed by atoms with van der Waals surface area (Å²) in [5.41, 5.74) is 1.66. The smallest absolute Gasteiger partial charge is 0.316 e. The minimum Gasteiger partial charge on any atom is -0.467 e. The highest BCUT2D eigenvalue weighted by molar-refractivity contribution is 5.18. The molecule has 0 spiro atoms. The average molecular weight is 163 g/mol. The van der Waals surface area contributed by atoms with Gasteiger partial charge in [0, 0.05) is 6.20 Å². The fourth-order valence-corrected chi connectivity index (χ4v) is 0.792. The molecule has 0 N–H and O–H groups in total. The summed E-state index contributed by atoms with van der Waals surface area (Å²) in [7, 11) is 1.51. The van der Waals surface area contributed by atoms with E-state index in [1.54, 1.807) is 6.20 Å². The standard InChI is InChI=1S/C8H9N3O/c1-6-4-10-8(12-3)11-7(6)5-9-2/h4H,5H2,1,3H3. The van der Waals surface area contributed by atoms with E-state index in [-0.39, 0.29) is 6.54 Å². The van der Waals surface area contributed by atoms with Crippen molar-refractivity contribution in [3.8, 4) is 6.01 Å². The van der Waals surface area contributed by atoms with E-state index in [1.807, 2.05) is 6.92 Å². The lowest BCUT2D eigenvalue weighted by molar-refractivity contribution is 0.378. The monoisotopic (exact) mass is 163 g/mol. The van der Waals surface area contributed by atoms with Crippen LogP contribution < -0.4 is 4.74 Å². The molecule has 12 heavy (non-hydrogen) atoms. The van der Waals surface area contributed by atoms with E-state index >= 15 is 0 Å². The van der Waals surface area contributed by atoms with Gasteiger partial charge in [0.05, 0.1) is 7.11 Å². The molecule has 0 aliphatic carbocycles. The van der Waals surface area contributed by atoms with Crippen LogP contribution in [0.25, 0.3) is 4.85 Å². The van der Waals surface area contributed by atoms with Crippen molar-refractivity contribution < 1.29 is 4.74 Å². The van der Waals surface area contributed by atoms with E-state index in [0.29, 0.717) is 6.01 Å². The number of aryl methyl sites for hydroxylation is 1. The first-order valence-corrected chi connectivity index (χ1v) is 3.47. The molecule has 0 radical (unpaired) electrons. The van der Waals surface area contributed by atoms with E-state index in [4.69, 9.17) is 11.3 Å². The van der Waals surface area contributed by atoms with Crippen LogP contribution in [0, 0.1) is 13.5 Å². The molecule has 0 unspecified atom stereocenters. The van der Waals surface area contributed by atoms with Gasteiger partial charge in [-0.3, -0.25) is 0 Å². The second kappa shape index (κ2) is 3.67. The van der Waals surface area contributed by atoms with Gasteiger partial charge in [0.15, 0.2) is 0 Å². The van der Waals surface area contributed by atoms with Crippen molar-refractivity contribution in [3.05, 3.63) is 28.9 Å². The van der Waals surface area contributed by atoms with Gasteiger partial charge in [0.2, 0.25) is 0 Å². The van der Waals surface area contributed by atoms with Gasteiger partial charge in [0.25, 0.3) is 6.54 Å². The van der Waals surface area contributed by atoms with Crippen molar-refractivity contribution in [3.63, 3.8) is 0 Å². The minimum atomic E-state index is 0.282. The molecule has 4 heteroatoms. The number of hydrogen-bond donors (Lipinski definition) is 0. The third-order valence-corrected chi connectivity index (χ3v) is 1.47. The van der Waals surface area contributed by atoms with Crippen molar-refractivity contribution in [1.29, 1.82) is 0 Å². The highest BCUT2D eigenvalue weighted by atomic mass is 16.5. The third kappa shape index (κ3) is 1.70. The Labute approximate surface area is 71.0 Å². The van der Waals surface area contributed by atoms with Crippen LogP contribution >= 0.6 is 0 Å². The molecule has 0 amide bonds. The highest BCUT2D eigenvalue weighted by Crippen LogP contribution is 2.08. The normalized spacial score (nSPS) is 9.08. The largest absolute Gasteiger partial charge is 0.467 e. The van der Waals surface area contributed by atoms with Crippen LogP contribution in [0.5, 0.6) is 6.01 Å². The molecule has 0 fully saturated rings. The molecule has 0 bridgehead atoms. The number of rotatable bonds is 2. The van der Waals surface area contributed by atoms with Crippen LogP contribution in [0.2, 0.25) is 0 Å². The lowest BCUT2D eigenvalue weighted by Gasteiger charge is -2.00.